The van der Waals surface area contributed by atoms with Gasteiger partial charge in [-0.05, 0) is 37.8 Å². The number of hydrogen-bond acceptors (Lipinski definition) is 7. The number of nitrogens with two attached hydrogens (primary N) is 2. The lowest BCUT2D eigenvalue weighted by molar-refractivity contribution is 0.315. The van der Waals surface area contributed by atoms with Crippen LogP contribution in [0.2, 0.25) is 0 Å². The highest BCUT2D eigenvalue weighted by molar-refractivity contribution is 7.15. The molecule has 2 heterocycles. The molecule has 0 radical (unpaired) electrons. The number of hydrogen-bond donors (Lipinski definition) is 2. The van der Waals surface area contributed by atoms with Crippen molar-refractivity contribution in [3.8, 4) is 16.3 Å². The average Bonchev–Trinajstić information content (AvgIpc) is 3.08. The van der Waals surface area contributed by atoms with Gasteiger partial charge in [0.2, 0.25) is 0 Å². The molecule has 154 valence electrons. The van der Waals surface area contributed by atoms with E-state index in [9.17, 15) is 0 Å². The smallest absolute Gasteiger partial charge is 0.133 e. The Labute approximate surface area is 176 Å². The lowest BCUT2D eigenvalue weighted by atomic mass is 10.1. The van der Waals surface area contributed by atoms with Gasteiger partial charge in [-0.2, -0.15) is 0 Å². The second-order valence-corrected chi connectivity index (χ2v) is 8.19. The summed E-state index contributed by atoms with van der Waals surface area (Å²) in [4.78, 5) is 14.8. The molecule has 0 saturated carbocycles. The summed E-state index contributed by atoms with van der Waals surface area (Å²) in [5.74, 6) is 2.39. The van der Waals surface area contributed by atoms with E-state index < -0.39 is 0 Å². The maximum absolute atomic E-state index is 5.90. The van der Waals surface area contributed by atoms with Crippen LogP contribution in [0.3, 0.4) is 0 Å². The molecular weight excluding hydrogens is 382 g/mol. The molecule has 0 fully saturated rings. The number of aryl methyl sites for hydroxylation is 4. The Morgan fingerprint density at radius 3 is 2.38 bits per heavy atom. The van der Waals surface area contributed by atoms with Crippen molar-refractivity contribution in [3.05, 3.63) is 46.2 Å². The third kappa shape index (κ3) is 5.44. The Kier molecular flexibility index (Phi) is 7.04. The number of rotatable bonds is 9. The molecule has 0 atom stereocenters. The first kappa shape index (κ1) is 21.0. The molecule has 0 aliphatic heterocycles. The monoisotopic (exact) mass is 411 g/mol. The molecule has 0 spiro atoms. The summed E-state index contributed by atoms with van der Waals surface area (Å²) < 4.78 is 5.90. The lowest BCUT2D eigenvalue weighted by Gasteiger charge is -2.09. The largest absolute Gasteiger partial charge is 0.493 e. The molecule has 7 heteroatoms. The number of nitrogen functional groups attached to an aromatic ring is 2. The summed E-state index contributed by atoms with van der Waals surface area (Å²) in [6, 6.07) is 7.89. The SMILES string of the molecule is CCCOc1cc(-c2nc(CCc3nc(N)cc(N)n3)c(CCC)s2)ccc1C. The van der Waals surface area contributed by atoms with E-state index in [-0.39, 0.29) is 0 Å². The maximum atomic E-state index is 5.90. The first-order chi connectivity index (χ1) is 14.0. The summed E-state index contributed by atoms with van der Waals surface area (Å²) in [7, 11) is 0. The van der Waals surface area contributed by atoms with Gasteiger partial charge in [-0.3, -0.25) is 0 Å². The van der Waals surface area contributed by atoms with Crippen LogP contribution in [-0.4, -0.2) is 21.6 Å². The molecule has 1 aromatic carbocycles. The van der Waals surface area contributed by atoms with Crippen LogP contribution in [0.1, 0.15) is 48.6 Å². The Hall–Kier alpha value is -2.67. The third-order valence-electron chi connectivity index (χ3n) is 4.55. The molecule has 0 saturated heterocycles. The Morgan fingerprint density at radius 2 is 1.69 bits per heavy atom. The summed E-state index contributed by atoms with van der Waals surface area (Å²) in [6.07, 6.45) is 4.50. The topological polar surface area (TPSA) is 99.9 Å². The van der Waals surface area contributed by atoms with E-state index >= 15 is 0 Å². The van der Waals surface area contributed by atoms with Crippen molar-refractivity contribution in [3.63, 3.8) is 0 Å². The molecule has 6 nitrogen and oxygen atoms in total. The Balaban J connectivity index is 1.84. The maximum Gasteiger partial charge on any atom is 0.133 e. The van der Waals surface area contributed by atoms with Crippen molar-refractivity contribution >= 4 is 23.0 Å². The quantitative estimate of drug-likeness (QED) is 0.534. The van der Waals surface area contributed by atoms with Gasteiger partial charge in [0, 0.05) is 22.9 Å². The second kappa shape index (κ2) is 9.69. The molecule has 3 aromatic rings. The molecule has 0 aliphatic rings. The highest BCUT2D eigenvalue weighted by Crippen LogP contribution is 2.33. The van der Waals surface area contributed by atoms with Crippen molar-refractivity contribution in [1.29, 1.82) is 0 Å². The van der Waals surface area contributed by atoms with Crippen molar-refractivity contribution in [2.75, 3.05) is 18.1 Å². The summed E-state index contributed by atoms with van der Waals surface area (Å²) in [5, 5.41) is 1.03. The lowest BCUT2D eigenvalue weighted by Crippen LogP contribution is -2.05. The van der Waals surface area contributed by atoms with Crippen LogP contribution in [0.4, 0.5) is 11.6 Å². The van der Waals surface area contributed by atoms with Crippen LogP contribution in [-0.2, 0) is 19.3 Å². The van der Waals surface area contributed by atoms with Gasteiger partial charge in [0.1, 0.15) is 28.2 Å². The van der Waals surface area contributed by atoms with Gasteiger partial charge in [-0.1, -0.05) is 32.4 Å². The highest BCUT2D eigenvalue weighted by atomic mass is 32.1. The molecule has 0 bridgehead atoms. The number of nitrogens with zero attached hydrogens (tertiary/aromatic N) is 3. The summed E-state index contributed by atoms with van der Waals surface area (Å²) in [6.45, 7) is 7.09. The highest BCUT2D eigenvalue weighted by Gasteiger charge is 2.14. The van der Waals surface area contributed by atoms with Gasteiger partial charge in [0.15, 0.2) is 0 Å². The van der Waals surface area contributed by atoms with E-state index in [2.05, 4.69) is 48.9 Å². The van der Waals surface area contributed by atoms with Crippen molar-refractivity contribution in [2.24, 2.45) is 0 Å². The van der Waals surface area contributed by atoms with Crippen molar-refractivity contribution in [2.45, 2.75) is 52.9 Å². The molecule has 29 heavy (non-hydrogen) atoms. The average molecular weight is 412 g/mol. The predicted molar refractivity (Wildman–Crippen MR) is 120 cm³/mol. The Morgan fingerprint density at radius 1 is 0.931 bits per heavy atom. The van der Waals surface area contributed by atoms with E-state index in [1.54, 1.807) is 17.4 Å². The first-order valence-corrected chi connectivity index (χ1v) is 10.9. The van der Waals surface area contributed by atoms with Crippen molar-refractivity contribution in [1.82, 2.24) is 15.0 Å². The second-order valence-electron chi connectivity index (χ2n) is 7.10. The van der Waals surface area contributed by atoms with Crippen molar-refractivity contribution < 1.29 is 4.74 Å². The van der Waals surface area contributed by atoms with E-state index in [0.29, 0.717) is 23.9 Å². The summed E-state index contributed by atoms with van der Waals surface area (Å²) in [5.41, 5.74) is 14.9. The number of aromatic nitrogens is 3. The minimum atomic E-state index is 0.402. The first-order valence-electron chi connectivity index (χ1n) is 10.1. The molecule has 2 aromatic heterocycles. The van der Waals surface area contributed by atoms with Crippen LogP contribution < -0.4 is 16.2 Å². The van der Waals surface area contributed by atoms with Crippen LogP contribution in [0.5, 0.6) is 5.75 Å². The zero-order valence-corrected chi connectivity index (χ0v) is 18.2. The number of benzene rings is 1. The standard InChI is InChI=1S/C22H29N5OS/c1-4-6-18-16(9-10-21-26-19(23)13-20(24)27-21)25-22(29-18)15-8-7-14(3)17(12-15)28-11-5-2/h7-8,12-13H,4-6,9-11H2,1-3H3,(H4,23,24,26,27). The fourth-order valence-corrected chi connectivity index (χ4v) is 4.31. The molecule has 0 amide bonds. The molecule has 0 unspecified atom stereocenters. The van der Waals surface area contributed by atoms with Gasteiger partial charge < -0.3 is 16.2 Å². The number of ether oxygens (including phenoxy) is 1. The van der Waals surface area contributed by atoms with Crippen LogP contribution >= 0.6 is 11.3 Å². The zero-order valence-electron chi connectivity index (χ0n) is 17.4. The fraction of sp³-hybridized carbons (Fsp3) is 0.409. The molecule has 4 N–H and O–H groups in total. The van der Waals surface area contributed by atoms with Crippen LogP contribution in [0.25, 0.3) is 10.6 Å². The van der Waals surface area contributed by atoms with Gasteiger partial charge in [0.05, 0.1) is 12.3 Å². The third-order valence-corrected chi connectivity index (χ3v) is 5.76. The van der Waals surface area contributed by atoms with Gasteiger partial charge in [-0.15, -0.1) is 11.3 Å². The number of thiazole rings is 1. The van der Waals surface area contributed by atoms with Gasteiger partial charge in [-0.25, -0.2) is 15.0 Å². The van der Waals surface area contributed by atoms with E-state index in [1.807, 2.05) is 0 Å². The van der Waals surface area contributed by atoms with Crippen LogP contribution in [0, 0.1) is 6.92 Å². The Bertz CT molecular complexity index is 950. The molecule has 0 aliphatic carbocycles. The van der Waals surface area contributed by atoms with Gasteiger partial charge in [0.25, 0.3) is 0 Å². The fourth-order valence-electron chi connectivity index (χ4n) is 3.11. The van der Waals surface area contributed by atoms with E-state index in [0.717, 1.165) is 59.9 Å². The molecular formula is C22H29N5OS. The zero-order chi connectivity index (χ0) is 20.8. The van der Waals surface area contributed by atoms with Gasteiger partial charge >= 0.3 is 0 Å². The normalized spacial score (nSPS) is 11.0. The van der Waals surface area contributed by atoms with E-state index in [4.69, 9.17) is 21.2 Å². The minimum Gasteiger partial charge on any atom is -0.493 e. The minimum absolute atomic E-state index is 0.402. The summed E-state index contributed by atoms with van der Waals surface area (Å²) >= 11 is 1.76. The number of anilines is 2. The molecule has 3 rings (SSSR count). The van der Waals surface area contributed by atoms with Crippen LogP contribution in [0.15, 0.2) is 24.3 Å². The predicted octanol–water partition coefficient (Wildman–Crippen LogP) is 4.60. The van der Waals surface area contributed by atoms with E-state index in [1.165, 1.54) is 4.88 Å².